The summed E-state index contributed by atoms with van der Waals surface area (Å²) in [5.74, 6) is 0.938. The highest BCUT2D eigenvalue weighted by atomic mass is 16.5. The topological polar surface area (TPSA) is 61.3 Å². The van der Waals surface area contributed by atoms with Crippen LogP contribution >= 0.6 is 0 Å². The summed E-state index contributed by atoms with van der Waals surface area (Å²) in [6.45, 7) is 8.31. The third kappa shape index (κ3) is 3.24. The van der Waals surface area contributed by atoms with Crippen molar-refractivity contribution < 1.29 is 4.74 Å². The molecule has 0 aliphatic rings. The molecule has 18 heavy (non-hydrogen) atoms. The molecule has 2 unspecified atom stereocenters. The molecule has 3 nitrogen and oxygen atoms in total. The molecule has 0 amide bonds. The molecule has 0 spiro atoms. The molecule has 1 aromatic rings. The molecular formula is C15H26N2O. The van der Waals surface area contributed by atoms with Gasteiger partial charge in [-0.2, -0.15) is 0 Å². The number of ether oxygens (including phenoxy) is 1. The fourth-order valence-corrected chi connectivity index (χ4v) is 2.43. The van der Waals surface area contributed by atoms with Crippen LogP contribution in [0.15, 0.2) is 6.07 Å². The molecule has 0 radical (unpaired) electrons. The van der Waals surface area contributed by atoms with Crippen LogP contribution in [-0.4, -0.2) is 13.2 Å². The minimum absolute atomic E-state index is 0.0561. The molecular weight excluding hydrogens is 224 g/mol. The zero-order valence-corrected chi connectivity index (χ0v) is 12.2. The summed E-state index contributed by atoms with van der Waals surface area (Å²) in [6.07, 6.45) is 1.87. The van der Waals surface area contributed by atoms with Crippen LogP contribution in [0.2, 0.25) is 0 Å². The first-order valence-electron chi connectivity index (χ1n) is 6.54. The molecule has 1 aromatic carbocycles. The number of hydrogen-bond acceptors (Lipinski definition) is 3. The Hall–Kier alpha value is -1.06. The number of rotatable bonds is 5. The Morgan fingerprint density at radius 3 is 2.22 bits per heavy atom. The van der Waals surface area contributed by atoms with E-state index in [1.807, 2.05) is 6.92 Å². The van der Waals surface area contributed by atoms with Gasteiger partial charge >= 0.3 is 0 Å². The van der Waals surface area contributed by atoms with E-state index in [1.165, 1.54) is 22.3 Å². The summed E-state index contributed by atoms with van der Waals surface area (Å²) >= 11 is 0. The van der Waals surface area contributed by atoms with Crippen LogP contribution in [-0.2, 0) is 0 Å². The molecule has 0 aliphatic heterocycles. The Balaban J connectivity index is 3.05. The lowest BCUT2D eigenvalue weighted by Crippen LogP contribution is -2.20. The van der Waals surface area contributed by atoms with Crippen molar-refractivity contribution in [2.75, 3.05) is 7.11 Å². The van der Waals surface area contributed by atoms with E-state index in [0.29, 0.717) is 0 Å². The normalized spacial score (nSPS) is 14.4. The van der Waals surface area contributed by atoms with Gasteiger partial charge in [0, 0.05) is 12.1 Å². The molecule has 0 saturated carbocycles. The van der Waals surface area contributed by atoms with Gasteiger partial charge in [-0.1, -0.05) is 0 Å². The average Bonchev–Trinajstić information content (AvgIpc) is 2.31. The summed E-state index contributed by atoms with van der Waals surface area (Å²) in [5.41, 5.74) is 17.0. The first kappa shape index (κ1) is 15.0. The van der Waals surface area contributed by atoms with Crippen LogP contribution in [0.1, 0.15) is 48.1 Å². The van der Waals surface area contributed by atoms with Gasteiger partial charge in [0.25, 0.3) is 0 Å². The molecule has 0 fully saturated rings. The number of aryl methyl sites for hydroxylation is 1. The van der Waals surface area contributed by atoms with E-state index in [-0.39, 0.29) is 12.1 Å². The van der Waals surface area contributed by atoms with E-state index in [2.05, 4.69) is 26.8 Å². The van der Waals surface area contributed by atoms with Crippen LogP contribution in [0.3, 0.4) is 0 Å². The van der Waals surface area contributed by atoms with Crippen LogP contribution in [0.25, 0.3) is 0 Å². The summed E-state index contributed by atoms with van der Waals surface area (Å²) in [4.78, 5) is 0. The highest BCUT2D eigenvalue weighted by Gasteiger charge is 2.16. The van der Waals surface area contributed by atoms with Gasteiger partial charge in [-0.15, -0.1) is 0 Å². The lowest BCUT2D eigenvalue weighted by atomic mass is 9.90. The minimum atomic E-state index is 0.0561. The summed E-state index contributed by atoms with van der Waals surface area (Å²) in [6, 6.07) is 2.33. The minimum Gasteiger partial charge on any atom is -0.496 e. The zero-order valence-electron chi connectivity index (χ0n) is 12.2. The maximum atomic E-state index is 6.31. The maximum absolute atomic E-state index is 6.31. The second-order valence-corrected chi connectivity index (χ2v) is 5.22. The van der Waals surface area contributed by atoms with Gasteiger partial charge in [0.15, 0.2) is 0 Å². The standard InChI is InChI=1S/C15H26N2O/c1-9-8-14(18-5)11(3)12(4)15(9)13(17)7-6-10(2)16/h8,10,13H,6-7,16-17H2,1-5H3. The van der Waals surface area contributed by atoms with E-state index in [1.54, 1.807) is 7.11 Å². The van der Waals surface area contributed by atoms with Crippen molar-refractivity contribution in [3.63, 3.8) is 0 Å². The second kappa shape index (κ2) is 6.21. The first-order valence-corrected chi connectivity index (χ1v) is 6.54. The first-order chi connectivity index (χ1) is 8.38. The van der Waals surface area contributed by atoms with Crippen molar-refractivity contribution in [2.24, 2.45) is 11.5 Å². The van der Waals surface area contributed by atoms with Gasteiger partial charge in [-0.25, -0.2) is 0 Å². The van der Waals surface area contributed by atoms with E-state index < -0.39 is 0 Å². The Morgan fingerprint density at radius 1 is 1.11 bits per heavy atom. The van der Waals surface area contributed by atoms with E-state index in [9.17, 15) is 0 Å². The van der Waals surface area contributed by atoms with Gasteiger partial charge in [-0.3, -0.25) is 0 Å². The lowest BCUT2D eigenvalue weighted by Gasteiger charge is -2.21. The fraction of sp³-hybridized carbons (Fsp3) is 0.600. The Bertz CT molecular complexity index is 413. The smallest absolute Gasteiger partial charge is 0.122 e. The van der Waals surface area contributed by atoms with E-state index >= 15 is 0 Å². The van der Waals surface area contributed by atoms with Gasteiger partial charge in [-0.05, 0) is 68.9 Å². The summed E-state index contributed by atoms with van der Waals surface area (Å²) < 4.78 is 5.38. The predicted octanol–water partition coefficient (Wildman–Crippen LogP) is 2.75. The van der Waals surface area contributed by atoms with Crippen molar-refractivity contribution in [3.05, 3.63) is 28.3 Å². The third-order valence-electron chi connectivity index (χ3n) is 3.63. The molecule has 0 aliphatic carbocycles. The second-order valence-electron chi connectivity index (χ2n) is 5.22. The molecule has 0 heterocycles. The van der Waals surface area contributed by atoms with Crippen LogP contribution in [0, 0.1) is 20.8 Å². The predicted molar refractivity (Wildman–Crippen MR) is 77.0 cm³/mol. The number of benzene rings is 1. The SMILES string of the molecule is COc1cc(C)c(C(N)CCC(C)N)c(C)c1C. The highest BCUT2D eigenvalue weighted by molar-refractivity contribution is 5.49. The highest BCUT2D eigenvalue weighted by Crippen LogP contribution is 2.32. The number of hydrogen-bond donors (Lipinski definition) is 2. The van der Waals surface area contributed by atoms with Crippen molar-refractivity contribution in [2.45, 2.75) is 52.6 Å². The van der Waals surface area contributed by atoms with Gasteiger partial charge < -0.3 is 16.2 Å². The molecule has 102 valence electrons. The molecule has 1 rings (SSSR count). The van der Waals surface area contributed by atoms with E-state index in [0.717, 1.165) is 18.6 Å². The zero-order chi connectivity index (χ0) is 13.9. The largest absolute Gasteiger partial charge is 0.496 e. The molecule has 0 aromatic heterocycles. The summed E-state index contributed by atoms with van der Waals surface area (Å²) in [7, 11) is 1.71. The number of methoxy groups -OCH3 is 1. The molecule has 0 saturated heterocycles. The molecule has 4 N–H and O–H groups in total. The Morgan fingerprint density at radius 2 is 1.72 bits per heavy atom. The van der Waals surface area contributed by atoms with Crippen molar-refractivity contribution >= 4 is 0 Å². The molecule has 2 atom stereocenters. The summed E-state index contributed by atoms with van der Waals surface area (Å²) in [5, 5.41) is 0. The molecule has 3 heteroatoms. The monoisotopic (exact) mass is 250 g/mol. The van der Waals surface area contributed by atoms with Gasteiger partial charge in [0.05, 0.1) is 7.11 Å². The maximum Gasteiger partial charge on any atom is 0.122 e. The van der Waals surface area contributed by atoms with Crippen molar-refractivity contribution in [1.82, 2.24) is 0 Å². The van der Waals surface area contributed by atoms with Crippen LogP contribution < -0.4 is 16.2 Å². The van der Waals surface area contributed by atoms with Gasteiger partial charge in [0.2, 0.25) is 0 Å². The quantitative estimate of drug-likeness (QED) is 0.844. The fourth-order valence-electron chi connectivity index (χ4n) is 2.43. The average molecular weight is 250 g/mol. The van der Waals surface area contributed by atoms with Crippen molar-refractivity contribution in [1.29, 1.82) is 0 Å². The van der Waals surface area contributed by atoms with Crippen LogP contribution in [0.4, 0.5) is 0 Å². The Kier molecular flexibility index (Phi) is 5.17. The van der Waals surface area contributed by atoms with Gasteiger partial charge in [0.1, 0.15) is 5.75 Å². The molecule has 0 bridgehead atoms. The number of nitrogens with two attached hydrogens (primary N) is 2. The van der Waals surface area contributed by atoms with Crippen molar-refractivity contribution in [3.8, 4) is 5.75 Å². The Labute approximate surface area is 111 Å². The lowest BCUT2D eigenvalue weighted by molar-refractivity contribution is 0.410. The van der Waals surface area contributed by atoms with E-state index in [4.69, 9.17) is 16.2 Å². The third-order valence-corrected chi connectivity index (χ3v) is 3.63. The van der Waals surface area contributed by atoms with Crippen LogP contribution in [0.5, 0.6) is 5.75 Å².